The minimum atomic E-state index is 0.686. The molecule has 2 heterocycles. The van der Waals surface area contributed by atoms with Crippen LogP contribution in [-0.2, 0) is 0 Å². The zero-order valence-corrected chi connectivity index (χ0v) is 12.6. The van der Waals surface area contributed by atoms with Crippen LogP contribution in [0.3, 0.4) is 0 Å². The van der Waals surface area contributed by atoms with Gasteiger partial charge in [0, 0.05) is 24.7 Å². The van der Waals surface area contributed by atoms with Gasteiger partial charge in [-0.1, -0.05) is 6.07 Å². The first kappa shape index (κ1) is 14.1. The number of ether oxygens (including phenoxy) is 1. The molecular formula is C17H23N3O. The maximum absolute atomic E-state index is 5.72. The number of aromatic nitrogens is 1. The number of hydrogen-bond acceptors (Lipinski definition) is 4. The van der Waals surface area contributed by atoms with Crippen molar-refractivity contribution in [3.8, 4) is 5.75 Å². The lowest BCUT2D eigenvalue weighted by Crippen LogP contribution is -2.36. The molecule has 1 aromatic carbocycles. The molecule has 21 heavy (non-hydrogen) atoms. The molecule has 1 atom stereocenters. The van der Waals surface area contributed by atoms with Crippen LogP contribution >= 0.6 is 0 Å². The van der Waals surface area contributed by atoms with Gasteiger partial charge in [0.05, 0.1) is 7.11 Å². The second-order valence-corrected chi connectivity index (χ2v) is 5.75. The zero-order valence-electron chi connectivity index (χ0n) is 12.6. The van der Waals surface area contributed by atoms with E-state index < -0.39 is 0 Å². The summed E-state index contributed by atoms with van der Waals surface area (Å²) in [5.74, 6) is 2.65. The Kier molecular flexibility index (Phi) is 4.25. The van der Waals surface area contributed by atoms with E-state index in [4.69, 9.17) is 10.5 Å². The molecule has 2 aromatic rings. The maximum atomic E-state index is 5.72. The molecule has 0 radical (unpaired) electrons. The van der Waals surface area contributed by atoms with Gasteiger partial charge in [-0.15, -0.1) is 0 Å². The Labute approximate surface area is 125 Å². The number of piperidine rings is 1. The van der Waals surface area contributed by atoms with E-state index >= 15 is 0 Å². The molecule has 2 N–H and O–H groups in total. The van der Waals surface area contributed by atoms with Crippen LogP contribution in [0.4, 0.5) is 5.82 Å². The van der Waals surface area contributed by atoms with Crippen LogP contribution in [0.15, 0.2) is 30.5 Å². The van der Waals surface area contributed by atoms with Crippen molar-refractivity contribution >= 4 is 16.6 Å². The van der Waals surface area contributed by atoms with E-state index in [2.05, 4.69) is 28.1 Å². The Bertz CT molecular complexity index is 612. The number of methoxy groups -OCH3 is 1. The summed E-state index contributed by atoms with van der Waals surface area (Å²) in [6, 6.07) is 8.24. The number of pyridine rings is 1. The number of nitrogens with zero attached hydrogens (tertiary/aromatic N) is 2. The highest BCUT2D eigenvalue weighted by Crippen LogP contribution is 2.31. The first-order valence-electron chi connectivity index (χ1n) is 7.69. The van der Waals surface area contributed by atoms with Gasteiger partial charge in [-0.25, -0.2) is 4.98 Å². The summed E-state index contributed by atoms with van der Waals surface area (Å²) in [4.78, 5) is 7.05. The molecule has 112 valence electrons. The molecule has 3 rings (SSSR count). The third-order valence-electron chi connectivity index (χ3n) is 4.35. The minimum Gasteiger partial charge on any atom is -0.497 e. The van der Waals surface area contributed by atoms with Gasteiger partial charge in [0.15, 0.2) is 0 Å². The van der Waals surface area contributed by atoms with E-state index in [0.29, 0.717) is 5.92 Å². The molecule has 0 aliphatic carbocycles. The predicted octanol–water partition coefficient (Wildman–Crippen LogP) is 2.81. The zero-order chi connectivity index (χ0) is 14.7. The van der Waals surface area contributed by atoms with Gasteiger partial charge < -0.3 is 15.4 Å². The topological polar surface area (TPSA) is 51.4 Å². The van der Waals surface area contributed by atoms with Crippen molar-refractivity contribution in [2.24, 2.45) is 11.7 Å². The summed E-state index contributed by atoms with van der Waals surface area (Å²) in [5, 5.41) is 2.38. The highest BCUT2D eigenvalue weighted by molar-refractivity contribution is 5.93. The van der Waals surface area contributed by atoms with Crippen molar-refractivity contribution in [1.82, 2.24) is 4.98 Å². The van der Waals surface area contributed by atoms with E-state index in [0.717, 1.165) is 37.6 Å². The summed E-state index contributed by atoms with van der Waals surface area (Å²) >= 11 is 0. The molecule has 0 bridgehead atoms. The van der Waals surface area contributed by atoms with E-state index in [-0.39, 0.29) is 0 Å². The highest BCUT2D eigenvalue weighted by Gasteiger charge is 2.21. The molecule has 1 aliphatic rings. The van der Waals surface area contributed by atoms with Crippen LogP contribution in [0.25, 0.3) is 10.8 Å². The molecule has 0 amide bonds. The van der Waals surface area contributed by atoms with Gasteiger partial charge in [0.2, 0.25) is 0 Å². The summed E-state index contributed by atoms with van der Waals surface area (Å²) < 4.78 is 5.36. The summed E-state index contributed by atoms with van der Waals surface area (Å²) in [5.41, 5.74) is 5.72. The van der Waals surface area contributed by atoms with Gasteiger partial charge in [-0.3, -0.25) is 0 Å². The van der Waals surface area contributed by atoms with E-state index in [1.807, 2.05) is 12.3 Å². The average molecular weight is 285 g/mol. The van der Waals surface area contributed by atoms with E-state index in [1.165, 1.54) is 23.6 Å². The molecule has 1 aliphatic heterocycles. The van der Waals surface area contributed by atoms with Gasteiger partial charge in [-0.2, -0.15) is 0 Å². The molecule has 0 spiro atoms. The van der Waals surface area contributed by atoms with Crippen LogP contribution in [0, 0.1) is 5.92 Å². The molecule has 4 nitrogen and oxygen atoms in total. The number of rotatable bonds is 4. The first-order chi connectivity index (χ1) is 10.3. The van der Waals surface area contributed by atoms with Crippen LogP contribution in [0.5, 0.6) is 5.75 Å². The minimum absolute atomic E-state index is 0.686. The predicted molar refractivity (Wildman–Crippen MR) is 86.9 cm³/mol. The Balaban J connectivity index is 1.95. The smallest absolute Gasteiger partial charge is 0.136 e. The summed E-state index contributed by atoms with van der Waals surface area (Å²) in [7, 11) is 1.70. The Morgan fingerprint density at radius 1 is 1.38 bits per heavy atom. The van der Waals surface area contributed by atoms with Crippen molar-refractivity contribution in [3.05, 3.63) is 30.5 Å². The fourth-order valence-electron chi connectivity index (χ4n) is 3.24. The molecule has 0 saturated carbocycles. The first-order valence-corrected chi connectivity index (χ1v) is 7.69. The molecular weight excluding hydrogens is 262 g/mol. The van der Waals surface area contributed by atoms with Gasteiger partial charge in [0.1, 0.15) is 11.6 Å². The largest absolute Gasteiger partial charge is 0.497 e. The van der Waals surface area contributed by atoms with Gasteiger partial charge in [0.25, 0.3) is 0 Å². The van der Waals surface area contributed by atoms with Crippen LogP contribution < -0.4 is 15.4 Å². The van der Waals surface area contributed by atoms with Crippen molar-refractivity contribution in [3.63, 3.8) is 0 Å². The number of hydrogen-bond donors (Lipinski definition) is 1. The SMILES string of the molecule is COc1ccc2ccnc(N3CCCC(CCN)C3)c2c1. The average Bonchev–Trinajstić information content (AvgIpc) is 2.54. The fourth-order valence-corrected chi connectivity index (χ4v) is 3.24. The number of anilines is 1. The van der Waals surface area contributed by atoms with Crippen molar-refractivity contribution in [2.75, 3.05) is 31.6 Å². The lowest BCUT2D eigenvalue weighted by Gasteiger charge is -2.34. The molecule has 4 heteroatoms. The van der Waals surface area contributed by atoms with Crippen LogP contribution in [0.1, 0.15) is 19.3 Å². The number of benzene rings is 1. The highest BCUT2D eigenvalue weighted by atomic mass is 16.5. The van der Waals surface area contributed by atoms with E-state index in [9.17, 15) is 0 Å². The molecule has 1 saturated heterocycles. The Morgan fingerprint density at radius 3 is 3.10 bits per heavy atom. The second kappa shape index (κ2) is 6.31. The third-order valence-corrected chi connectivity index (χ3v) is 4.35. The quantitative estimate of drug-likeness (QED) is 0.938. The van der Waals surface area contributed by atoms with Gasteiger partial charge in [-0.05, 0) is 55.3 Å². The second-order valence-electron chi connectivity index (χ2n) is 5.75. The monoisotopic (exact) mass is 285 g/mol. The van der Waals surface area contributed by atoms with Crippen molar-refractivity contribution < 1.29 is 4.74 Å². The van der Waals surface area contributed by atoms with Gasteiger partial charge >= 0.3 is 0 Å². The maximum Gasteiger partial charge on any atom is 0.136 e. The summed E-state index contributed by atoms with van der Waals surface area (Å²) in [6.45, 7) is 2.90. The Morgan fingerprint density at radius 2 is 2.29 bits per heavy atom. The molecule has 1 fully saturated rings. The Hall–Kier alpha value is -1.81. The van der Waals surface area contributed by atoms with Crippen LogP contribution in [-0.4, -0.2) is 31.7 Å². The number of fused-ring (bicyclic) bond motifs is 1. The fraction of sp³-hybridized carbons (Fsp3) is 0.471. The van der Waals surface area contributed by atoms with Crippen LogP contribution in [0.2, 0.25) is 0 Å². The lowest BCUT2D eigenvalue weighted by molar-refractivity contribution is 0.395. The summed E-state index contributed by atoms with van der Waals surface area (Å²) in [6.07, 6.45) is 5.50. The van der Waals surface area contributed by atoms with Crippen molar-refractivity contribution in [1.29, 1.82) is 0 Å². The lowest BCUT2D eigenvalue weighted by atomic mass is 9.94. The standard InChI is InChI=1S/C17H23N3O/c1-21-15-5-4-14-7-9-19-17(16(14)11-15)20-10-2-3-13(12-20)6-8-18/h4-5,7,9,11,13H,2-3,6,8,10,12,18H2,1H3. The molecule has 1 aromatic heterocycles. The van der Waals surface area contributed by atoms with E-state index in [1.54, 1.807) is 7.11 Å². The third kappa shape index (κ3) is 2.95. The normalized spacial score (nSPS) is 19.0. The molecule has 1 unspecified atom stereocenters. The van der Waals surface area contributed by atoms with Crippen molar-refractivity contribution in [2.45, 2.75) is 19.3 Å². The number of nitrogens with two attached hydrogens (primary N) is 1.